The van der Waals surface area contributed by atoms with E-state index in [0.29, 0.717) is 5.41 Å². The van der Waals surface area contributed by atoms with Gasteiger partial charge in [0.15, 0.2) is 0 Å². The summed E-state index contributed by atoms with van der Waals surface area (Å²) in [6.45, 7) is 11.2. The normalized spacial score (nSPS) is 10.8. The molecule has 0 aromatic rings. The van der Waals surface area contributed by atoms with E-state index in [-0.39, 0.29) is 12.4 Å². The summed E-state index contributed by atoms with van der Waals surface area (Å²) < 4.78 is 0. The standard InChI is InChI=1S/C8H19N.ClH/c1-5-9-7-6-8(2,3)4;/h9H,5-7H2,1-4H3;1H. The minimum absolute atomic E-state index is 0. The zero-order valence-corrected chi connectivity index (χ0v) is 8.35. The molecule has 0 bridgehead atoms. The molecular formula is C8H20ClN. The molecule has 0 saturated carbocycles. The van der Waals surface area contributed by atoms with E-state index < -0.39 is 0 Å². The third-order valence-corrected chi connectivity index (χ3v) is 1.30. The van der Waals surface area contributed by atoms with Crippen LogP contribution < -0.4 is 5.32 Å². The third kappa shape index (κ3) is 11.1. The van der Waals surface area contributed by atoms with Crippen LogP contribution in [0.1, 0.15) is 34.1 Å². The topological polar surface area (TPSA) is 12.0 Å². The van der Waals surface area contributed by atoms with E-state index in [2.05, 4.69) is 33.0 Å². The second kappa shape index (κ2) is 5.99. The Labute approximate surface area is 71.0 Å². The van der Waals surface area contributed by atoms with Crippen LogP contribution in [0.3, 0.4) is 0 Å². The van der Waals surface area contributed by atoms with Crippen molar-refractivity contribution in [3.05, 3.63) is 0 Å². The van der Waals surface area contributed by atoms with Crippen LogP contribution in [0.5, 0.6) is 0 Å². The van der Waals surface area contributed by atoms with Crippen LogP contribution in [0.4, 0.5) is 0 Å². The van der Waals surface area contributed by atoms with E-state index in [4.69, 9.17) is 0 Å². The molecule has 1 nitrogen and oxygen atoms in total. The molecule has 0 aliphatic heterocycles. The predicted molar refractivity (Wildman–Crippen MR) is 49.9 cm³/mol. The zero-order valence-electron chi connectivity index (χ0n) is 7.53. The van der Waals surface area contributed by atoms with E-state index in [1.165, 1.54) is 6.42 Å². The van der Waals surface area contributed by atoms with Crippen LogP contribution in [0, 0.1) is 5.41 Å². The second-order valence-electron chi connectivity index (χ2n) is 3.66. The lowest BCUT2D eigenvalue weighted by Crippen LogP contribution is -2.19. The lowest BCUT2D eigenvalue weighted by atomic mass is 9.92. The first-order valence-electron chi connectivity index (χ1n) is 3.77. The van der Waals surface area contributed by atoms with Gasteiger partial charge >= 0.3 is 0 Å². The quantitative estimate of drug-likeness (QED) is 0.634. The van der Waals surface area contributed by atoms with Gasteiger partial charge in [0.1, 0.15) is 0 Å². The molecule has 0 rings (SSSR count). The van der Waals surface area contributed by atoms with Gasteiger partial charge in [-0.05, 0) is 24.9 Å². The van der Waals surface area contributed by atoms with Crippen LogP contribution in [-0.2, 0) is 0 Å². The fourth-order valence-electron chi connectivity index (χ4n) is 0.640. The number of rotatable bonds is 3. The van der Waals surface area contributed by atoms with Gasteiger partial charge in [0, 0.05) is 0 Å². The molecule has 0 radical (unpaired) electrons. The largest absolute Gasteiger partial charge is 0.317 e. The van der Waals surface area contributed by atoms with Gasteiger partial charge in [-0.2, -0.15) is 0 Å². The molecule has 0 aliphatic carbocycles. The Bertz CT molecular complexity index is 66.1. The molecule has 0 aromatic heterocycles. The average molecular weight is 166 g/mol. The minimum atomic E-state index is 0. The monoisotopic (exact) mass is 165 g/mol. The maximum absolute atomic E-state index is 3.30. The Morgan fingerprint density at radius 1 is 1.20 bits per heavy atom. The van der Waals surface area contributed by atoms with Gasteiger partial charge in [-0.25, -0.2) is 0 Å². The molecule has 0 amide bonds. The van der Waals surface area contributed by atoms with Crippen molar-refractivity contribution in [2.45, 2.75) is 34.1 Å². The highest BCUT2D eigenvalue weighted by atomic mass is 35.5. The highest BCUT2D eigenvalue weighted by Gasteiger charge is 2.07. The van der Waals surface area contributed by atoms with Gasteiger partial charge in [0.25, 0.3) is 0 Å². The first-order valence-corrected chi connectivity index (χ1v) is 3.77. The molecule has 1 N–H and O–H groups in total. The Kier molecular flexibility index (Phi) is 7.72. The van der Waals surface area contributed by atoms with Gasteiger partial charge in [0.05, 0.1) is 0 Å². The molecule has 0 atom stereocenters. The van der Waals surface area contributed by atoms with Crippen molar-refractivity contribution >= 4 is 12.4 Å². The molecule has 64 valence electrons. The minimum Gasteiger partial charge on any atom is -0.317 e. The van der Waals surface area contributed by atoms with Crippen molar-refractivity contribution in [3.63, 3.8) is 0 Å². The summed E-state index contributed by atoms with van der Waals surface area (Å²) in [6, 6.07) is 0. The molecule has 0 heterocycles. The molecule has 0 aliphatic rings. The summed E-state index contributed by atoms with van der Waals surface area (Å²) in [6.07, 6.45) is 1.26. The van der Waals surface area contributed by atoms with Crippen LogP contribution in [-0.4, -0.2) is 13.1 Å². The first-order chi connectivity index (χ1) is 4.06. The van der Waals surface area contributed by atoms with Crippen molar-refractivity contribution in [1.82, 2.24) is 5.32 Å². The van der Waals surface area contributed by atoms with E-state index in [1.54, 1.807) is 0 Å². The molecule has 0 aromatic carbocycles. The second-order valence-corrected chi connectivity index (χ2v) is 3.66. The molecule has 0 unspecified atom stereocenters. The van der Waals surface area contributed by atoms with Crippen molar-refractivity contribution in [2.75, 3.05) is 13.1 Å². The summed E-state index contributed by atoms with van der Waals surface area (Å²) in [5.74, 6) is 0. The van der Waals surface area contributed by atoms with Crippen LogP contribution in [0.15, 0.2) is 0 Å². The highest BCUT2D eigenvalue weighted by Crippen LogP contribution is 2.16. The Hall–Kier alpha value is 0.250. The van der Waals surface area contributed by atoms with Crippen LogP contribution >= 0.6 is 12.4 Å². The van der Waals surface area contributed by atoms with E-state index in [0.717, 1.165) is 13.1 Å². The van der Waals surface area contributed by atoms with Crippen molar-refractivity contribution in [1.29, 1.82) is 0 Å². The number of hydrogen-bond donors (Lipinski definition) is 1. The van der Waals surface area contributed by atoms with Crippen LogP contribution in [0.2, 0.25) is 0 Å². The summed E-state index contributed by atoms with van der Waals surface area (Å²) in [5.41, 5.74) is 0.488. The number of nitrogens with one attached hydrogen (secondary N) is 1. The maximum atomic E-state index is 3.30. The first kappa shape index (κ1) is 12.9. The third-order valence-electron chi connectivity index (χ3n) is 1.30. The Balaban J connectivity index is 0. The van der Waals surface area contributed by atoms with Crippen LogP contribution in [0.25, 0.3) is 0 Å². The van der Waals surface area contributed by atoms with Gasteiger partial charge in [0.2, 0.25) is 0 Å². The number of hydrogen-bond acceptors (Lipinski definition) is 1. The molecular weight excluding hydrogens is 146 g/mol. The molecule has 2 heteroatoms. The Morgan fingerprint density at radius 3 is 2.00 bits per heavy atom. The molecule has 0 saturated heterocycles. The fraction of sp³-hybridized carbons (Fsp3) is 1.00. The van der Waals surface area contributed by atoms with Crippen molar-refractivity contribution in [3.8, 4) is 0 Å². The summed E-state index contributed by atoms with van der Waals surface area (Å²) in [4.78, 5) is 0. The maximum Gasteiger partial charge on any atom is -0.00440 e. The smallest absolute Gasteiger partial charge is 0.00440 e. The lowest BCUT2D eigenvalue weighted by Gasteiger charge is -2.17. The van der Waals surface area contributed by atoms with Gasteiger partial charge in [-0.3, -0.25) is 0 Å². The SMILES string of the molecule is CCNCCC(C)(C)C.Cl. The molecule has 0 spiro atoms. The van der Waals surface area contributed by atoms with E-state index >= 15 is 0 Å². The van der Waals surface area contributed by atoms with Gasteiger partial charge < -0.3 is 5.32 Å². The summed E-state index contributed by atoms with van der Waals surface area (Å²) in [5, 5.41) is 3.30. The van der Waals surface area contributed by atoms with Crippen molar-refractivity contribution in [2.24, 2.45) is 5.41 Å². The number of halogens is 1. The average Bonchev–Trinajstić information content (AvgIpc) is 1.63. The zero-order chi connectivity index (χ0) is 7.33. The summed E-state index contributed by atoms with van der Waals surface area (Å²) >= 11 is 0. The van der Waals surface area contributed by atoms with Gasteiger partial charge in [-0.1, -0.05) is 27.7 Å². The highest BCUT2D eigenvalue weighted by molar-refractivity contribution is 5.85. The lowest BCUT2D eigenvalue weighted by molar-refractivity contribution is 0.369. The fourth-order valence-corrected chi connectivity index (χ4v) is 0.640. The Morgan fingerprint density at radius 2 is 1.70 bits per heavy atom. The van der Waals surface area contributed by atoms with E-state index in [1.807, 2.05) is 0 Å². The summed E-state index contributed by atoms with van der Waals surface area (Å²) in [7, 11) is 0. The molecule has 10 heavy (non-hydrogen) atoms. The van der Waals surface area contributed by atoms with E-state index in [9.17, 15) is 0 Å². The molecule has 0 fully saturated rings. The van der Waals surface area contributed by atoms with Gasteiger partial charge in [-0.15, -0.1) is 12.4 Å². The predicted octanol–water partition coefficient (Wildman–Crippen LogP) is 2.45. The van der Waals surface area contributed by atoms with Crippen molar-refractivity contribution < 1.29 is 0 Å².